The van der Waals surface area contributed by atoms with E-state index >= 15 is 0 Å². The van der Waals surface area contributed by atoms with Gasteiger partial charge in [-0.3, -0.25) is 4.79 Å². The Morgan fingerprint density at radius 3 is 2.19 bits per heavy atom. The summed E-state index contributed by atoms with van der Waals surface area (Å²) in [5, 5.41) is 3.27. The molecule has 1 amide bonds. The molecular weight excluding hydrogens is 336 g/mol. The molecule has 0 atom stereocenters. The predicted molar refractivity (Wildman–Crippen MR) is 108 cm³/mol. The molecule has 6 rings (SSSR count). The summed E-state index contributed by atoms with van der Waals surface area (Å²) in [4.78, 5) is 15.6. The summed E-state index contributed by atoms with van der Waals surface area (Å²) in [5.41, 5.74) is 2.06. The van der Waals surface area contributed by atoms with Crippen molar-refractivity contribution in [3.8, 4) is 0 Å². The summed E-state index contributed by atoms with van der Waals surface area (Å²) in [6.45, 7) is 6.86. The number of amides is 1. The molecule has 4 aliphatic carbocycles. The summed E-state index contributed by atoms with van der Waals surface area (Å²) in [6, 6.07) is 8.42. The molecule has 27 heavy (non-hydrogen) atoms. The minimum atomic E-state index is -0.0837. The zero-order valence-electron chi connectivity index (χ0n) is 16.7. The van der Waals surface area contributed by atoms with Crippen LogP contribution < -0.4 is 10.2 Å². The lowest BCUT2D eigenvalue weighted by atomic mass is 9.49. The fourth-order valence-electron chi connectivity index (χ4n) is 6.71. The first-order valence-corrected chi connectivity index (χ1v) is 10.7. The van der Waals surface area contributed by atoms with Crippen LogP contribution in [0.1, 0.15) is 52.4 Å². The highest BCUT2D eigenvalue weighted by molar-refractivity contribution is 5.95. The Kier molecular flexibility index (Phi) is 4.05. The fraction of sp³-hybridized carbons (Fsp3) is 0.696. The molecule has 5 aliphatic rings. The minimum Gasteiger partial charge on any atom is -0.377 e. The lowest BCUT2D eigenvalue weighted by molar-refractivity contribution is -0.140. The van der Waals surface area contributed by atoms with Crippen molar-refractivity contribution in [2.75, 3.05) is 30.0 Å². The van der Waals surface area contributed by atoms with Crippen LogP contribution >= 0.6 is 0 Å². The largest absolute Gasteiger partial charge is 0.377 e. The normalized spacial score (nSPS) is 36.7. The Morgan fingerprint density at radius 2 is 1.63 bits per heavy atom. The third kappa shape index (κ3) is 3.06. The molecule has 1 saturated heterocycles. The van der Waals surface area contributed by atoms with Crippen LogP contribution in [0.2, 0.25) is 0 Å². The van der Waals surface area contributed by atoms with E-state index in [4.69, 9.17) is 4.74 Å². The zero-order valence-corrected chi connectivity index (χ0v) is 16.7. The van der Waals surface area contributed by atoms with E-state index in [1.807, 2.05) is 0 Å². The molecule has 4 saturated carbocycles. The highest BCUT2D eigenvalue weighted by Crippen LogP contribution is 2.60. The summed E-state index contributed by atoms with van der Waals surface area (Å²) in [6.07, 6.45) is 7.46. The quantitative estimate of drug-likeness (QED) is 0.857. The van der Waals surface area contributed by atoms with Gasteiger partial charge in [0.2, 0.25) is 5.91 Å². The van der Waals surface area contributed by atoms with Gasteiger partial charge in [-0.25, -0.2) is 0 Å². The van der Waals surface area contributed by atoms with Crippen LogP contribution in [-0.4, -0.2) is 31.2 Å². The first kappa shape index (κ1) is 17.5. The molecule has 0 aromatic heterocycles. The first-order valence-electron chi connectivity index (χ1n) is 10.7. The summed E-state index contributed by atoms with van der Waals surface area (Å²) < 4.78 is 5.63. The third-order valence-electron chi connectivity index (χ3n) is 7.60. The van der Waals surface area contributed by atoms with E-state index in [0.717, 1.165) is 62.5 Å². The topological polar surface area (TPSA) is 41.6 Å². The molecule has 0 unspecified atom stereocenters. The van der Waals surface area contributed by atoms with Gasteiger partial charge in [-0.15, -0.1) is 0 Å². The van der Waals surface area contributed by atoms with Gasteiger partial charge in [0.1, 0.15) is 0 Å². The number of carbonyl (C=O) groups is 1. The number of hydrogen-bond acceptors (Lipinski definition) is 3. The number of nitrogens with one attached hydrogen (secondary N) is 1. The molecule has 0 radical (unpaired) electrons. The van der Waals surface area contributed by atoms with Crippen LogP contribution in [0.3, 0.4) is 0 Å². The summed E-state index contributed by atoms with van der Waals surface area (Å²) in [5.74, 6) is 2.68. The van der Waals surface area contributed by atoms with Gasteiger partial charge in [0.15, 0.2) is 0 Å². The molecule has 0 spiro atoms. The number of morpholine rings is 1. The van der Waals surface area contributed by atoms with Crippen molar-refractivity contribution < 1.29 is 9.53 Å². The number of anilines is 2. The SMILES string of the molecule is CC1(C)COCCN1c1ccc(NC(=O)C23CC4CC(CC(C4)C2)C3)cc1. The maximum absolute atomic E-state index is 13.2. The minimum absolute atomic E-state index is 0.00219. The van der Waals surface area contributed by atoms with Gasteiger partial charge in [0, 0.05) is 17.9 Å². The standard InChI is InChI=1S/C23H32N2O2/c1-22(2)15-27-8-7-25(22)20-5-3-19(4-6-20)24-21(26)23-12-16-9-17(13-23)11-18(10-16)14-23/h3-6,16-18H,7-15H2,1-2H3,(H,24,26). The van der Waals surface area contributed by atoms with Gasteiger partial charge in [0.05, 0.1) is 24.2 Å². The van der Waals surface area contributed by atoms with Gasteiger partial charge >= 0.3 is 0 Å². The van der Waals surface area contributed by atoms with Gasteiger partial charge in [-0.2, -0.15) is 0 Å². The van der Waals surface area contributed by atoms with Gasteiger partial charge in [-0.05, 0) is 94.4 Å². The second-order valence-electron chi connectivity index (χ2n) is 10.2. The number of ether oxygens (including phenoxy) is 1. The molecule has 1 heterocycles. The van der Waals surface area contributed by atoms with E-state index in [2.05, 4.69) is 48.3 Å². The van der Waals surface area contributed by atoms with Crippen molar-refractivity contribution >= 4 is 17.3 Å². The molecule has 146 valence electrons. The molecule has 4 bridgehead atoms. The highest BCUT2D eigenvalue weighted by atomic mass is 16.5. The molecule has 4 nitrogen and oxygen atoms in total. The lowest BCUT2D eigenvalue weighted by Gasteiger charge is -2.55. The second-order valence-corrected chi connectivity index (χ2v) is 10.2. The van der Waals surface area contributed by atoms with Crippen molar-refractivity contribution in [2.24, 2.45) is 23.2 Å². The van der Waals surface area contributed by atoms with Crippen molar-refractivity contribution in [3.05, 3.63) is 24.3 Å². The Hall–Kier alpha value is -1.55. The molecule has 1 aromatic carbocycles. The molecule has 1 aromatic rings. The van der Waals surface area contributed by atoms with Gasteiger partial charge < -0.3 is 15.0 Å². The van der Waals surface area contributed by atoms with E-state index in [-0.39, 0.29) is 16.9 Å². The maximum atomic E-state index is 13.2. The van der Waals surface area contributed by atoms with E-state index in [9.17, 15) is 4.79 Å². The van der Waals surface area contributed by atoms with Gasteiger partial charge in [0.25, 0.3) is 0 Å². The molecular formula is C23H32N2O2. The smallest absolute Gasteiger partial charge is 0.230 e. The van der Waals surface area contributed by atoms with E-state index in [0.29, 0.717) is 0 Å². The third-order valence-corrected chi connectivity index (χ3v) is 7.60. The Morgan fingerprint density at radius 1 is 1.04 bits per heavy atom. The zero-order chi connectivity index (χ0) is 18.6. The first-order chi connectivity index (χ1) is 12.9. The van der Waals surface area contributed by atoms with Gasteiger partial charge in [-0.1, -0.05) is 0 Å². The maximum Gasteiger partial charge on any atom is 0.230 e. The average molecular weight is 369 g/mol. The van der Waals surface area contributed by atoms with Crippen LogP contribution in [0.4, 0.5) is 11.4 Å². The van der Waals surface area contributed by atoms with Crippen LogP contribution in [-0.2, 0) is 9.53 Å². The Bertz CT molecular complexity index is 689. The van der Waals surface area contributed by atoms with E-state index in [1.54, 1.807) is 0 Å². The van der Waals surface area contributed by atoms with Crippen molar-refractivity contribution in [1.82, 2.24) is 0 Å². The molecule has 4 heteroatoms. The Labute approximate surface area is 162 Å². The number of rotatable bonds is 3. The predicted octanol–water partition coefficient (Wildman–Crippen LogP) is 4.46. The summed E-state index contributed by atoms with van der Waals surface area (Å²) >= 11 is 0. The van der Waals surface area contributed by atoms with Crippen molar-refractivity contribution in [1.29, 1.82) is 0 Å². The van der Waals surface area contributed by atoms with Crippen LogP contribution in [0.15, 0.2) is 24.3 Å². The second kappa shape index (κ2) is 6.23. The molecule has 1 aliphatic heterocycles. The number of nitrogens with zero attached hydrogens (tertiary/aromatic N) is 1. The number of hydrogen-bond donors (Lipinski definition) is 1. The van der Waals surface area contributed by atoms with Crippen molar-refractivity contribution in [2.45, 2.75) is 57.9 Å². The molecule has 1 N–H and O–H groups in total. The van der Waals surface area contributed by atoms with E-state index in [1.165, 1.54) is 24.9 Å². The highest BCUT2D eigenvalue weighted by Gasteiger charge is 2.54. The Balaban J connectivity index is 1.29. The summed E-state index contributed by atoms with van der Waals surface area (Å²) in [7, 11) is 0. The lowest BCUT2D eigenvalue weighted by Crippen LogP contribution is -2.53. The average Bonchev–Trinajstić information content (AvgIpc) is 2.61. The number of benzene rings is 1. The fourth-order valence-corrected chi connectivity index (χ4v) is 6.71. The monoisotopic (exact) mass is 368 g/mol. The van der Waals surface area contributed by atoms with Crippen LogP contribution in [0, 0.1) is 23.2 Å². The number of carbonyl (C=O) groups excluding carboxylic acids is 1. The van der Waals surface area contributed by atoms with Crippen LogP contribution in [0.25, 0.3) is 0 Å². The van der Waals surface area contributed by atoms with Crippen molar-refractivity contribution in [3.63, 3.8) is 0 Å². The molecule has 5 fully saturated rings. The van der Waals surface area contributed by atoms with Crippen LogP contribution in [0.5, 0.6) is 0 Å². The van der Waals surface area contributed by atoms with E-state index < -0.39 is 0 Å².